The van der Waals surface area contributed by atoms with Gasteiger partial charge in [-0.1, -0.05) is 11.6 Å². The van der Waals surface area contributed by atoms with Crippen LogP contribution in [0.25, 0.3) is 5.78 Å². The first-order valence-corrected chi connectivity index (χ1v) is 6.92. The summed E-state index contributed by atoms with van der Waals surface area (Å²) in [6.07, 6.45) is 10.2. The van der Waals surface area contributed by atoms with Crippen LogP contribution in [0, 0.1) is 6.92 Å². The van der Waals surface area contributed by atoms with Crippen LogP contribution in [0.2, 0.25) is 0 Å². The van der Waals surface area contributed by atoms with Crippen molar-refractivity contribution < 1.29 is 0 Å². The molecular formula is C14H19N5. The van der Waals surface area contributed by atoms with E-state index in [0.717, 1.165) is 24.5 Å². The average Bonchev–Trinajstić information content (AvgIpc) is 2.88. The zero-order chi connectivity index (χ0) is 13.1. The first-order valence-electron chi connectivity index (χ1n) is 6.92. The standard InChI is InChI=1S/C14H19N5/c1-11-9-13(19-14(18-11)16-10-17-19)15-8-7-12-5-3-2-4-6-12/h5,9-10,15H,2-4,6-8H2,1H3. The number of hydrogen-bond acceptors (Lipinski definition) is 4. The second-order valence-corrected chi connectivity index (χ2v) is 5.04. The summed E-state index contributed by atoms with van der Waals surface area (Å²) < 4.78 is 1.75. The van der Waals surface area contributed by atoms with Crippen LogP contribution in [0.5, 0.6) is 0 Å². The molecule has 0 fully saturated rings. The molecule has 0 spiro atoms. The summed E-state index contributed by atoms with van der Waals surface area (Å²) in [7, 11) is 0. The van der Waals surface area contributed by atoms with Crippen molar-refractivity contribution in [2.24, 2.45) is 0 Å². The minimum absolute atomic E-state index is 0.652. The summed E-state index contributed by atoms with van der Waals surface area (Å²) in [5.41, 5.74) is 2.54. The first kappa shape index (κ1) is 12.1. The van der Waals surface area contributed by atoms with Crippen LogP contribution in [0.3, 0.4) is 0 Å². The Kier molecular flexibility index (Phi) is 3.44. The molecule has 2 aromatic rings. The molecule has 100 valence electrons. The van der Waals surface area contributed by atoms with Crippen molar-refractivity contribution in [1.29, 1.82) is 0 Å². The number of aromatic nitrogens is 4. The topological polar surface area (TPSA) is 55.1 Å². The van der Waals surface area contributed by atoms with Crippen LogP contribution >= 0.6 is 0 Å². The minimum Gasteiger partial charge on any atom is -0.370 e. The number of allylic oxidation sites excluding steroid dienone is 1. The number of fused-ring (bicyclic) bond motifs is 1. The largest absolute Gasteiger partial charge is 0.370 e. The Hall–Kier alpha value is -1.91. The van der Waals surface area contributed by atoms with Gasteiger partial charge < -0.3 is 5.32 Å². The number of nitrogens with one attached hydrogen (secondary N) is 1. The molecule has 3 rings (SSSR count). The van der Waals surface area contributed by atoms with E-state index in [1.807, 2.05) is 13.0 Å². The molecule has 0 bridgehead atoms. The van der Waals surface area contributed by atoms with E-state index < -0.39 is 0 Å². The molecule has 2 heterocycles. The van der Waals surface area contributed by atoms with E-state index in [1.54, 1.807) is 10.1 Å². The highest BCUT2D eigenvalue weighted by Gasteiger charge is 2.06. The fraction of sp³-hybridized carbons (Fsp3) is 0.500. The molecule has 1 aliphatic rings. The normalized spacial score (nSPS) is 15.5. The maximum absolute atomic E-state index is 4.33. The molecule has 2 aromatic heterocycles. The average molecular weight is 257 g/mol. The Balaban J connectivity index is 1.68. The van der Waals surface area contributed by atoms with E-state index >= 15 is 0 Å². The number of aryl methyl sites for hydroxylation is 1. The summed E-state index contributed by atoms with van der Waals surface area (Å²) in [6, 6.07) is 2.01. The third kappa shape index (κ3) is 2.75. The lowest BCUT2D eigenvalue weighted by molar-refractivity contribution is 0.679. The third-order valence-corrected chi connectivity index (χ3v) is 3.52. The van der Waals surface area contributed by atoms with Crippen molar-refractivity contribution in [3.8, 4) is 0 Å². The van der Waals surface area contributed by atoms with Crippen molar-refractivity contribution in [3.05, 3.63) is 29.7 Å². The molecular weight excluding hydrogens is 238 g/mol. The van der Waals surface area contributed by atoms with Crippen LogP contribution in [0.1, 0.15) is 37.8 Å². The fourth-order valence-electron chi connectivity index (χ4n) is 2.54. The summed E-state index contributed by atoms with van der Waals surface area (Å²) in [4.78, 5) is 8.46. The van der Waals surface area contributed by atoms with Gasteiger partial charge >= 0.3 is 0 Å². The monoisotopic (exact) mass is 257 g/mol. The highest BCUT2D eigenvalue weighted by Crippen LogP contribution is 2.20. The second kappa shape index (κ2) is 5.38. The third-order valence-electron chi connectivity index (χ3n) is 3.52. The molecule has 19 heavy (non-hydrogen) atoms. The molecule has 0 saturated carbocycles. The maximum atomic E-state index is 4.33. The molecule has 5 nitrogen and oxygen atoms in total. The Labute approximate surface area is 112 Å². The molecule has 1 aliphatic carbocycles. The molecule has 0 atom stereocenters. The van der Waals surface area contributed by atoms with Gasteiger partial charge in [0, 0.05) is 18.3 Å². The predicted octanol–water partition coefficient (Wildman–Crippen LogP) is 2.74. The van der Waals surface area contributed by atoms with Gasteiger partial charge in [0.1, 0.15) is 12.1 Å². The molecule has 0 aromatic carbocycles. The quantitative estimate of drug-likeness (QED) is 0.856. The van der Waals surface area contributed by atoms with Crippen LogP contribution in [0.4, 0.5) is 5.82 Å². The first-order chi connectivity index (χ1) is 9.33. The van der Waals surface area contributed by atoms with E-state index in [0.29, 0.717) is 5.78 Å². The van der Waals surface area contributed by atoms with Gasteiger partial charge in [0.25, 0.3) is 5.78 Å². The van der Waals surface area contributed by atoms with Gasteiger partial charge in [-0.3, -0.25) is 0 Å². The Morgan fingerprint density at radius 3 is 3.16 bits per heavy atom. The zero-order valence-corrected chi connectivity index (χ0v) is 11.3. The SMILES string of the molecule is Cc1cc(NCCC2=CCCCC2)n2ncnc2n1. The van der Waals surface area contributed by atoms with Crippen molar-refractivity contribution in [1.82, 2.24) is 19.6 Å². The summed E-state index contributed by atoms with van der Waals surface area (Å²) in [5, 5.41) is 7.63. The van der Waals surface area contributed by atoms with Gasteiger partial charge in [-0.25, -0.2) is 4.98 Å². The van der Waals surface area contributed by atoms with Gasteiger partial charge in [0.05, 0.1) is 0 Å². The van der Waals surface area contributed by atoms with E-state index in [9.17, 15) is 0 Å². The van der Waals surface area contributed by atoms with Crippen LogP contribution in [-0.2, 0) is 0 Å². The van der Waals surface area contributed by atoms with Gasteiger partial charge in [0.2, 0.25) is 0 Å². The lowest BCUT2D eigenvalue weighted by Crippen LogP contribution is -2.09. The minimum atomic E-state index is 0.652. The summed E-state index contributed by atoms with van der Waals surface area (Å²) in [6.45, 7) is 2.91. The summed E-state index contributed by atoms with van der Waals surface area (Å²) in [5.74, 6) is 1.62. The van der Waals surface area contributed by atoms with E-state index in [-0.39, 0.29) is 0 Å². The van der Waals surface area contributed by atoms with Crippen LogP contribution in [-0.4, -0.2) is 26.1 Å². The van der Waals surface area contributed by atoms with Crippen LogP contribution < -0.4 is 5.32 Å². The summed E-state index contributed by atoms with van der Waals surface area (Å²) >= 11 is 0. The van der Waals surface area contributed by atoms with E-state index in [1.165, 1.54) is 32.0 Å². The Morgan fingerprint density at radius 2 is 2.32 bits per heavy atom. The zero-order valence-electron chi connectivity index (χ0n) is 11.3. The highest BCUT2D eigenvalue weighted by atomic mass is 15.3. The van der Waals surface area contributed by atoms with Crippen LogP contribution in [0.15, 0.2) is 24.0 Å². The Morgan fingerprint density at radius 1 is 1.37 bits per heavy atom. The smallest absolute Gasteiger partial charge is 0.254 e. The van der Waals surface area contributed by atoms with Gasteiger partial charge in [-0.05, 0) is 39.0 Å². The van der Waals surface area contributed by atoms with Crippen molar-refractivity contribution >= 4 is 11.6 Å². The van der Waals surface area contributed by atoms with Gasteiger partial charge in [-0.15, -0.1) is 0 Å². The lowest BCUT2D eigenvalue weighted by atomic mass is 9.97. The number of hydrogen-bond donors (Lipinski definition) is 1. The fourth-order valence-corrected chi connectivity index (χ4v) is 2.54. The molecule has 0 unspecified atom stereocenters. The van der Waals surface area contributed by atoms with Gasteiger partial charge in [0.15, 0.2) is 0 Å². The lowest BCUT2D eigenvalue weighted by Gasteiger charge is -2.13. The van der Waals surface area contributed by atoms with Crippen molar-refractivity contribution in [2.45, 2.75) is 39.0 Å². The predicted molar refractivity (Wildman–Crippen MR) is 75.2 cm³/mol. The number of rotatable bonds is 4. The molecule has 0 amide bonds. The number of nitrogens with zero attached hydrogens (tertiary/aromatic N) is 4. The molecule has 0 radical (unpaired) electrons. The Bertz CT molecular complexity index is 599. The maximum Gasteiger partial charge on any atom is 0.254 e. The van der Waals surface area contributed by atoms with Crippen molar-refractivity contribution in [3.63, 3.8) is 0 Å². The molecule has 0 aliphatic heterocycles. The highest BCUT2D eigenvalue weighted by molar-refractivity contribution is 5.44. The second-order valence-electron chi connectivity index (χ2n) is 5.04. The number of anilines is 1. The van der Waals surface area contributed by atoms with E-state index in [4.69, 9.17) is 0 Å². The van der Waals surface area contributed by atoms with E-state index in [2.05, 4.69) is 26.5 Å². The molecule has 0 saturated heterocycles. The molecule has 5 heteroatoms. The van der Waals surface area contributed by atoms with Gasteiger partial charge in [-0.2, -0.15) is 14.6 Å². The molecule has 1 N–H and O–H groups in total. The van der Waals surface area contributed by atoms with Crippen molar-refractivity contribution in [2.75, 3.05) is 11.9 Å².